The van der Waals surface area contributed by atoms with Gasteiger partial charge in [0.25, 0.3) is 0 Å². The van der Waals surface area contributed by atoms with Gasteiger partial charge >= 0.3 is 6.09 Å². The number of Topliss-reactive ketones (excluding diaryl/α,β-unsaturated/α-hetero) is 1. The van der Waals surface area contributed by atoms with Crippen molar-refractivity contribution in [1.29, 1.82) is 0 Å². The minimum absolute atomic E-state index is 0.182. The average molecular weight is 383 g/mol. The van der Waals surface area contributed by atoms with Crippen LogP contribution in [0.1, 0.15) is 21.5 Å². The zero-order valence-electron chi connectivity index (χ0n) is 16.4. The van der Waals surface area contributed by atoms with E-state index < -0.39 is 6.09 Å². The Morgan fingerprint density at radius 2 is 1.71 bits per heavy atom. The summed E-state index contributed by atoms with van der Waals surface area (Å²) < 4.78 is 21.6. The van der Waals surface area contributed by atoms with Crippen LogP contribution in [-0.4, -0.2) is 45.1 Å². The van der Waals surface area contributed by atoms with E-state index in [9.17, 15) is 9.59 Å². The quantitative estimate of drug-likeness (QED) is 0.750. The largest absolute Gasteiger partial charge is 0.493 e. The van der Waals surface area contributed by atoms with E-state index in [2.05, 4.69) is 0 Å². The molecule has 1 heterocycles. The van der Waals surface area contributed by atoms with Crippen LogP contribution in [0, 0.1) is 6.92 Å². The van der Waals surface area contributed by atoms with E-state index in [1.807, 2.05) is 0 Å². The Balaban J connectivity index is 1.92. The second kappa shape index (κ2) is 7.64. The maximum absolute atomic E-state index is 12.7. The number of rotatable bonds is 4. The van der Waals surface area contributed by atoms with Gasteiger partial charge in [-0.05, 0) is 42.8 Å². The van der Waals surface area contributed by atoms with Gasteiger partial charge in [-0.15, -0.1) is 0 Å². The highest BCUT2D eigenvalue weighted by Crippen LogP contribution is 2.39. The molecule has 7 heteroatoms. The summed E-state index contributed by atoms with van der Waals surface area (Å²) in [6, 6.07) is 8.49. The molecule has 0 saturated carbocycles. The lowest BCUT2D eigenvalue weighted by Gasteiger charge is -2.13. The van der Waals surface area contributed by atoms with Crippen LogP contribution in [0.5, 0.6) is 23.0 Å². The van der Waals surface area contributed by atoms with Crippen LogP contribution in [0.3, 0.4) is 0 Å². The van der Waals surface area contributed by atoms with Crippen LogP contribution in [0.4, 0.5) is 4.79 Å². The second-order valence-corrected chi connectivity index (χ2v) is 6.38. The van der Waals surface area contributed by atoms with Crippen LogP contribution in [0.25, 0.3) is 6.08 Å². The Hall–Kier alpha value is -3.48. The molecule has 0 N–H and O–H groups in total. The first-order valence-corrected chi connectivity index (χ1v) is 8.54. The zero-order valence-corrected chi connectivity index (χ0v) is 16.4. The number of methoxy groups -OCH3 is 2. The van der Waals surface area contributed by atoms with Crippen LogP contribution in [0.15, 0.2) is 36.1 Å². The number of carbonyl (C=O) groups is 2. The van der Waals surface area contributed by atoms with Crippen molar-refractivity contribution in [3.63, 3.8) is 0 Å². The van der Waals surface area contributed by atoms with Crippen molar-refractivity contribution < 1.29 is 28.5 Å². The lowest BCUT2D eigenvalue weighted by Crippen LogP contribution is -2.25. The monoisotopic (exact) mass is 383 g/mol. The predicted octanol–water partition coefficient (Wildman–Crippen LogP) is 3.69. The molecule has 2 aromatic rings. The standard InChI is InChI=1S/C21H21NO6/c1-12-15(28-21(24)22(2)3)9-7-14-19(23)18(27-20(12)14)11-13-6-8-16(25-4)17(10-13)26-5/h6-11H,1-5H3. The number of allylic oxidation sites excluding steroid dienone is 1. The van der Waals surface area contributed by atoms with Crippen molar-refractivity contribution in [2.75, 3.05) is 28.3 Å². The van der Waals surface area contributed by atoms with E-state index in [1.165, 1.54) is 4.90 Å². The van der Waals surface area contributed by atoms with Crippen LogP contribution >= 0.6 is 0 Å². The van der Waals surface area contributed by atoms with Gasteiger partial charge in [0.2, 0.25) is 5.78 Å². The van der Waals surface area contributed by atoms with Crippen LogP contribution in [0.2, 0.25) is 0 Å². The molecule has 0 fully saturated rings. The van der Waals surface area contributed by atoms with E-state index >= 15 is 0 Å². The summed E-state index contributed by atoms with van der Waals surface area (Å²) in [5, 5.41) is 0. The van der Waals surface area contributed by atoms with Gasteiger partial charge in [-0.25, -0.2) is 4.79 Å². The molecule has 0 unspecified atom stereocenters. The van der Waals surface area contributed by atoms with Gasteiger partial charge in [0, 0.05) is 19.7 Å². The first-order valence-electron chi connectivity index (χ1n) is 8.54. The normalized spacial score (nSPS) is 13.8. The Morgan fingerprint density at radius 3 is 2.36 bits per heavy atom. The SMILES string of the molecule is COc1ccc(C=C2Oc3c(ccc(OC(=O)N(C)C)c3C)C2=O)cc1OC. The fourth-order valence-corrected chi connectivity index (χ4v) is 2.76. The summed E-state index contributed by atoms with van der Waals surface area (Å²) >= 11 is 0. The summed E-state index contributed by atoms with van der Waals surface area (Å²) in [5.41, 5.74) is 1.73. The Labute approximate surface area is 163 Å². The van der Waals surface area contributed by atoms with Gasteiger partial charge in [-0.2, -0.15) is 0 Å². The molecule has 3 rings (SSSR count). The van der Waals surface area contributed by atoms with E-state index in [0.717, 1.165) is 5.56 Å². The van der Waals surface area contributed by atoms with Gasteiger partial charge < -0.3 is 23.8 Å². The molecule has 7 nitrogen and oxygen atoms in total. The summed E-state index contributed by atoms with van der Waals surface area (Å²) in [4.78, 5) is 25.8. The van der Waals surface area contributed by atoms with E-state index in [1.54, 1.807) is 71.6 Å². The highest BCUT2D eigenvalue weighted by Gasteiger charge is 2.30. The molecule has 0 atom stereocenters. The van der Waals surface area contributed by atoms with Gasteiger partial charge in [-0.1, -0.05) is 6.07 Å². The van der Waals surface area contributed by atoms with E-state index in [0.29, 0.717) is 34.1 Å². The minimum Gasteiger partial charge on any atom is -0.493 e. The molecular formula is C21H21NO6. The topological polar surface area (TPSA) is 74.3 Å². The highest BCUT2D eigenvalue weighted by atomic mass is 16.6. The first-order chi connectivity index (χ1) is 13.3. The number of benzene rings is 2. The minimum atomic E-state index is -0.506. The number of nitrogens with zero attached hydrogens (tertiary/aromatic N) is 1. The summed E-state index contributed by atoms with van der Waals surface area (Å²) in [5.74, 6) is 1.82. The molecule has 28 heavy (non-hydrogen) atoms. The summed E-state index contributed by atoms with van der Waals surface area (Å²) in [7, 11) is 6.28. The third kappa shape index (κ3) is 3.51. The Morgan fingerprint density at radius 1 is 1.04 bits per heavy atom. The first kappa shape index (κ1) is 19.3. The van der Waals surface area contributed by atoms with Crippen molar-refractivity contribution in [3.8, 4) is 23.0 Å². The molecule has 146 valence electrons. The molecule has 0 aliphatic carbocycles. The van der Waals surface area contributed by atoms with E-state index in [-0.39, 0.29) is 11.5 Å². The molecule has 0 radical (unpaired) electrons. The molecule has 0 saturated heterocycles. The molecule has 0 bridgehead atoms. The van der Waals surface area contributed by atoms with Gasteiger partial charge in [0.15, 0.2) is 17.3 Å². The van der Waals surface area contributed by atoms with Crippen LogP contribution < -0.4 is 18.9 Å². The number of ketones is 1. The van der Waals surface area contributed by atoms with Gasteiger partial charge in [0.1, 0.15) is 11.5 Å². The van der Waals surface area contributed by atoms with E-state index in [4.69, 9.17) is 18.9 Å². The van der Waals surface area contributed by atoms with Crippen molar-refractivity contribution in [3.05, 3.63) is 52.8 Å². The lowest BCUT2D eigenvalue weighted by molar-refractivity contribution is 0.101. The average Bonchev–Trinajstić information content (AvgIpc) is 3.00. The highest BCUT2D eigenvalue weighted by molar-refractivity contribution is 6.15. The lowest BCUT2D eigenvalue weighted by atomic mass is 10.1. The van der Waals surface area contributed by atoms with Crippen molar-refractivity contribution in [2.45, 2.75) is 6.92 Å². The molecule has 0 spiro atoms. The Bertz CT molecular complexity index is 977. The van der Waals surface area contributed by atoms with Crippen molar-refractivity contribution >= 4 is 18.0 Å². The van der Waals surface area contributed by atoms with Crippen molar-refractivity contribution in [1.82, 2.24) is 4.90 Å². The molecule has 1 aliphatic rings. The molecule has 1 aliphatic heterocycles. The summed E-state index contributed by atoms with van der Waals surface area (Å²) in [6.45, 7) is 1.74. The van der Waals surface area contributed by atoms with Crippen LogP contribution in [-0.2, 0) is 0 Å². The smallest absolute Gasteiger partial charge is 0.414 e. The van der Waals surface area contributed by atoms with Crippen molar-refractivity contribution in [2.24, 2.45) is 0 Å². The number of fused-ring (bicyclic) bond motifs is 1. The fraction of sp³-hybridized carbons (Fsp3) is 0.238. The molecular weight excluding hydrogens is 362 g/mol. The third-order valence-electron chi connectivity index (χ3n) is 4.30. The number of ether oxygens (including phenoxy) is 4. The molecule has 2 aromatic carbocycles. The number of hydrogen-bond acceptors (Lipinski definition) is 6. The maximum Gasteiger partial charge on any atom is 0.414 e. The second-order valence-electron chi connectivity index (χ2n) is 6.38. The van der Waals surface area contributed by atoms with Gasteiger partial charge in [-0.3, -0.25) is 4.79 Å². The fourth-order valence-electron chi connectivity index (χ4n) is 2.76. The number of carbonyl (C=O) groups excluding carboxylic acids is 2. The Kier molecular flexibility index (Phi) is 5.26. The molecule has 1 amide bonds. The third-order valence-corrected chi connectivity index (χ3v) is 4.30. The molecule has 0 aromatic heterocycles. The zero-order chi connectivity index (χ0) is 20.4. The predicted molar refractivity (Wildman–Crippen MR) is 103 cm³/mol. The maximum atomic E-state index is 12.7. The number of hydrogen-bond donors (Lipinski definition) is 0. The summed E-state index contributed by atoms with van der Waals surface area (Å²) in [6.07, 6.45) is 1.13. The van der Waals surface area contributed by atoms with Gasteiger partial charge in [0.05, 0.1) is 19.8 Å². The number of amides is 1.